The van der Waals surface area contributed by atoms with E-state index in [4.69, 9.17) is 12.2 Å². The van der Waals surface area contributed by atoms with Gasteiger partial charge < -0.3 is 10.6 Å². The Morgan fingerprint density at radius 1 is 1.12 bits per heavy atom. The zero-order chi connectivity index (χ0) is 18.5. The molecule has 0 amide bonds. The maximum absolute atomic E-state index is 13.0. The molecule has 3 aromatic rings. The molecule has 3 rings (SSSR count). The summed E-state index contributed by atoms with van der Waals surface area (Å²) in [6.07, 6.45) is 1.86. The van der Waals surface area contributed by atoms with Gasteiger partial charge in [0.15, 0.2) is 10.9 Å². The fraction of sp³-hybridized carbons (Fsp3) is 0.158. The van der Waals surface area contributed by atoms with E-state index in [-0.39, 0.29) is 5.82 Å². The van der Waals surface area contributed by atoms with Gasteiger partial charge in [-0.1, -0.05) is 42.0 Å². The number of nitrogens with one attached hydrogen (secondary N) is 2. The predicted molar refractivity (Wildman–Crippen MR) is 110 cm³/mol. The van der Waals surface area contributed by atoms with Crippen LogP contribution in [0.2, 0.25) is 0 Å². The molecule has 0 aliphatic carbocycles. The van der Waals surface area contributed by atoms with Crippen molar-refractivity contribution in [3.05, 3.63) is 81.7 Å². The van der Waals surface area contributed by atoms with Crippen molar-refractivity contribution < 1.29 is 4.39 Å². The molecule has 2 N–H and O–H groups in total. The van der Waals surface area contributed by atoms with Crippen LogP contribution in [0.15, 0.2) is 59.2 Å². The smallest absolute Gasteiger partial charge is 0.172 e. The molecule has 1 heterocycles. The van der Waals surface area contributed by atoms with Crippen LogP contribution in [0.3, 0.4) is 0 Å². The standard InChI is InChI=1S/C19H18BrFN4S/c1-13-2-4-14(5-3-13)10-22-19(26)23-18-17(20)12-25(24-18)11-15-6-8-16(21)9-7-15/h2-9,12H,10-11H2,1H3,(H2,22,23,24,26). The van der Waals surface area contributed by atoms with Crippen LogP contribution in [0, 0.1) is 12.7 Å². The second-order valence-electron chi connectivity index (χ2n) is 5.94. The maximum Gasteiger partial charge on any atom is 0.172 e. The summed E-state index contributed by atoms with van der Waals surface area (Å²) < 4.78 is 15.6. The molecule has 0 spiro atoms. The first-order valence-corrected chi connectivity index (χ1v) is 9.27. The molecule has 0 atom stereocenters. The van der Waals surface area contributed by atoms with Gasteiger partial charge in [0.1, 0.15) is 5.82 Å². The molecule has 0 bridgehead atoms. The molecule has 0 unspecified atom stereocenters. The Balaban J connectivity index is 1.57. The van der Waals surface area contributed by atoms with Crippen LogP contribution in [0.1, 0.15) is 16.7 Å². The van der Waals surface area contributed by atoms with Gasteiger partial charge >= 0.3 is 0 Å². The number of aromatic nitrogens is 2. The second-order valence-corrected chi connectivity index (χ2v) is 7.21. The lowest BCUT2D eigenvalue weighted by Gasteiger charge is -2.09. The van der Waals surface area contributed by atoms with E-state index in [1.165, 1.54) is 17.7 Å². The SMILES string of the molecule is Cc1ccc(CNC(=S)Nc2nn(Cc3ccc(F)cc3)cc2Br)cc1. The van der Waals surface area contributed by atoms with E-state index in [0.717, 1.165) is 15.6 Å². The number of hydrogen-bond acceptors (Lipinski definition) is 2. The van der Waals surface area contributed by atoms with E-state index in [9.17, 15) is 4.39 Å². The largest absolute Gasteiger partial charge is 0.358 e. The molecular weight excluding hydrogens is 415 g/mol. The Morgan fingerprint density at radius 3 is 2.46 bits per heavy atom. The van der Waals surface area contributed by atoms with Crippen LogP contribution in [-0.4, -0.2) is 14.9 Å². The van der Waals surface area contributed by atoms with E-state index < -0.39 is 0 Å². The lowest BCUT2D eigenvalue weighted by atomic mass is 10.1. The number of hydrogen-bond donors (Lipinski definition) is 2. The highest BCUT2D eigenvalue weighted by molar-refractivity contribution is 9.10. The average Bonchev–Trinajstić information content (AvgIpc) is 2.95. The Morgan fingerprint density at radius 2 is 1.77 bits per heavy atom. The lowest BCUT2D eigenvalue weighted by molar-refractivity contribution is 0.624. The van der Waals surface area contributed by atoms with E-state index in [2.05, 4.69) is 62.9 Å². The Bertz CT molecular complexity index is 891. The maximum atomic E-state index is 13.0. The minimum atomic E-state index is -0.247. The Hall–Kier alpha value is -2.25. The number of aryl methyl sites for hydroxylation is 1. The van der Waals surface area contributed by atoms with Crippen molar-refractivity contribution in [3.8, 4) is 0 Å². The molecule has 1 aromatic heterocycles. The van der Waals surface area contributed by atoms with Crippen LogP contribution >= 0.6 is 28.1 Å². The van der Waals surface area contributed by atoms with Crippen molar-refractivity contribution in [1.29, 1.82) is 0 Å². The van der Waals surface area contributed by atoms with Gasteiger partial charge in [-0.3, -0.25) is 4.68 Å². The minimum Gasteiger partial charge on any atom is -0.358 e. The summed E-state index contributed by atoms with van der Waals surface area (Å²) in [5, 5.41) is 11.2. The number of thiocarbonyl (C=S) groups is 1. The summed E-state index contributed by atoms with van der Waals surface area (Å²) in [5.41, 5.74) is 3.35. The molecule has 7 heteroatoms. The van der Waals surface area contributed by atoms with Gasteiger partial charge in [-0.15, -0.1) is 0 Å². The van der Waals surface area contributed by atoms with E-state index >= 15 is 0 Å². The lowest BCUT2D eigenvalue weighted by Crippen LogP contribution is -2.28. The quantitative estimate of drug-likeness (QED) is 0.576. The first-order valence-electron chi connectivity index (χ1n) is 8.07. The van der Waals surface area contributed by atoms with Gasteiger partial charge in [-0.2, -0.15) is 5.10 Å². The van der Waals surface area contributed by atoms with Crippen LogP contribution in [0.25, 0.3) is 0 Å². The molecule has 0 fully saturated rings. The molecule has 26 heavy (non-hydrogen) atoms. The molecule has 0 aliphatic rings. The highest BCUT2D eigenvalue weighted by Gasteiger charge is 2.09. The second kappa shape index (κ2) is 8.42. The normalized spacial score (nSPS) is 10.6. The van der Waals surface area contributed by atoms with Crippen molar-refractivity contribution in [2.75, 3.05) is 5.32 Å². The summed E-state index contributed by atoms with van der Waals surface area (Å²) >= 11 is 8.82. The number of nitrogens with zero attached hydrogens (tertiary/aromatic N) is 2. The highest BCUT2D eigenvalue weighted by atomic mass is 79.9. The monoisotopic (exact) mass is 432 g/mol. The molecule has 134 valence electrons. The summed E-state index contributed by atoms with van der Waals surface area (Å²) in [5.74, 6) is 0.385. The molecule has 0 aliphatic heterocycles. The van der Waals surface area contributed by atoms with Crippen LogP contribution in [0.4, 0.5) is 10.2 Å². The number of anilines is 1. The number of halogens is 2. The van der Waals surface area contributed by atoms with E-state index in [1.807, 2.05) is 6.20 Å². The van der Waals surface area contributed by atoms with Gasteiger partial charge in [0.25, 0.3) is 0 Å². The van der Waals surface area contributed by atoms with Crippen LogP contribution < -0.4 is 10.6 Å². The van der Waals surface area contributed by atoms with Gasteiger partial charge in [-0.05, 0) is 58.3 Å². The van der Waals surface area contributed by atoms with Gasteiger partial charge in [-0.25, -0.2) is 4.39 Å². The van der Waals surface area contributed by atoms with Crippen molar-refractivity contribution >= 4 is 39.1 Å². The minimum absolute atomic E-state index is 0.247. The first kappa shape index (κ1) is 18.5. The summed E-state index contributed by atoms with van der Waals surface area (Å²) in [6, 6.07) is 14.6. The zero-order valence-electron chi connectivity index (χ0n) is 14.2. The Kier molecular flexibility index (Phi) is 6.00. The average molecular weight is 433 g/mol. The molecule has 2 aromatic carbocycles. The van der Waals surface area contributed by atoms with Crippen molar-refractivity contribution in [2.45, 2.75) is 20.0 Å². The van der Waals surface area contributed by atoms with E-state index in [0.29, 0.717) is 24.0 Å². The molecule has 4 nitrogen and oxygen atoms in total. The third-order valence-electron chi connectivity index (χ3n) is 3.78. The molecule has 0 radical (unpaired) electrons. The van der Waals surface area contributed by atoms with Crippen molar-refractivity contribution in [2.24, 2.45) is 0 Å². The zero-order valence-corrected chi connectivity index (χ0v) is 16.6. The summed E-state index contributed by atoms with van der Waals surface area (Å²) in [4.78, 5) is 0. The summed E-state index contributed by atoms with van der Waals surface area (Å²) in [6.45, 7) is 3.24. The highest BCUT2D eigenvalue weighted by Crippen LogP contribution is 2.20. The van der Waals surface area contributed by atoms with Gasteiger partial charge in [0.2, 0.25) is 0 Å². The van der Waals surface area contributed by atoms with Gasteiger partial charge in [0, 0.05) is 12.7 Å². The van der Waals surface area contributed by atoms with Crippen LogP contribution in [0.5, 0.6) is 0 Å². The first-order chi connectivity index (χ1) is 12.5. The predicted octanol–water partition coefficient (Wildman–Crippen LogP) is 4.63. The fourth-order valence-corrected chi connectivity index (χ4v) is 2.96. The topological polar surface area (TPSA) is 41.9 Å². The van der Waals surface area contributed by atoms with Crippen molar-refractivity contribution in [1.82, 2.24) is 15.1 Å². The Labute approximate surface area is 165 Å². The number of benzene rings is 2. The van der Waals surface area contributed by atoms with Crippen molar-refractivity contribution in [3.63, 3.8) is 0 Å². The van der Waals surface area contributed by atoms with Crippen LogP contribution in [-0.2, 0) is 13.1 Å². The van der Waals surface area contributed by atoms with Gasteiger partial charge in [0.05, 0.1) is 11.0 Å². The molecule has 0 saturated heterocycles. The number of rotatable bonds is 5. The third kappa shape index (κ3) is 5.12. The third-order valence-corrected chi connectivity index (χ3v) is 4.61. The molecular formula is C19H18BrFN4S. The van der Waals surface area contributed by atoms with E-state index in [1.54, 1.807) is 16.8 Å². The molecule has 0 saturated carbocycles. The summed E-state index contributed by atoms with van der Waals surface area (Å²) in [7, 11) is 0. The fourth-order valence-electron chi connectivity index (χ4n) is 2.38.